The number of carbonyl (C=O) groups is 1. The minimum atomic E-state index is -1.45. The van der Waals surface area contributed by atoms with Gasteiger partial charge >= 0.3 is 5.97 Å². The van der Waals surface area contributed by atoms with Gasteiger partial charge < -0.3 is 10.4 Å². The van der Waals surface area contributed by atoms with Crippen LogP contribution in [-0.4, -0.2) is 22.5 Å². The summed E-state index contributed by atoms with van der Waals surface area (Å²) in [6.07, 6.45) is 6.07. The van der Waals surface area contributed by atoms with Crippen molar-refractivity contribution >= 4 is 17.3 Å². The molecule has 6 nitrogen and oxygen atoms in total. The SMILES string of the molecule is O=C(O)c1cc(NCCC2=CCCC2)c([N+](=O)[O-])cc1F. The van der Waals surface area contributed by atoms with E-state index in [0.717, 1.165) is 31.7 Å². The van der Waals surface area contributed by atoms with E-state index in [1.165, 1.54) is 5.57 Å². The fourth-order valence-corrected chi connectivity index (χ4v) is 2.34. The van der Waals surface area contributed by atoms with Gasteiger partial charge in [0.25, 0.3) is 5.69 Å². The number of allylic oxidation sites excluding steroid dienone is 1. The zero-order valence-corrected chi connectivity index (χ0v) is 11.3. The Morgan fingerprint density at radius 1 is 1.48 bits per heavy atom. The summed E-state index contributed by atoms with van der Waals surface area (Å²) in [5.41, 5.74) is 0.268. The van der Waals surface area contributed by atoms with Crippen molar-refractivity contribution in [3.05, 3.63) is 45.3 Å². The second-order valence-corrected chi connectivity index (χ2v) is 4.84. The van der Waals surface area contributed by atoms with Crippen molar-refractivity contribution in [3.63, 3.8) is 0 Å². The van der Waals surface area contributed by atoms with E-state index in [-0.39, 0.29) is 5.69 Å². The highest BCUT2D eigenvalue weighted by molar-refractivity contribution is 5.90. The molecule has 0 heterocycles. The molecule has 1 aliphatic rings. The number of halogens is 1. The van der Waals surface area contributed by atoms with E-state index >= 15 is 0 Å². The average molecular weight is 294 g/mol. The van der Waals surface area contributed by atoms with E-state index in [1.807, 2.05) is 0 Å². The summed E-state index contributed by atoms with van der Waals surface area (Å²) in [5, 5.41) is 22.6. The van der Waals surface area contributed by atoms with Gasteiger partial charge in [-0.25, -0.2) is 9.18 Å². The van der Waals surface area contributed by atoms with Crippen molar-refractivity contribution in [3.8, 4) is 0 Å². The molecule has 21 heavy (non-hydrogen) atoms. The number of nitrogens with zero attached hydrogens (tertiary/aromatic N) is 1. The number of nitro groups is 1. The molecule has 0 aromatic heterocycles. The summed E-state index contributed by atoms with van der Waals surface area (Å²) >= 11 is 0. The average Bonchev–Trinajstić information content (AvgIpc) is 2.92. The van der Waals surface area contributed by atoms with Crippen molar-refractivity contribution in [2.75, 3.05) is 11.9 Å². The van der Waals surface area contributed by atoms with Gasteiger partial charge in [-0.3, -0.25) is 10.1 Å². The van der Waals surface area contributed by atoms with Crippen LogP contribution in [0.3, 0.4) is 0 Å². The lowest BCUT2D eigenvalue weighted by molar-refractivity contribution is -0.384. The third-order valence-corrected chi connectivity index (χ3v) is 3.41. The van der Waals surface area contributed by atoms with Gasteiger partial charge in [-0.1, -0.05) is 11.6 Å². The van der Waals surface area contributed by atoms with Gasteiger partial charge in [-0.05, 0) is 31.7 Å². The van der Waals surface area contributed by atoms with E-state index in [1.54, 1.807) is 0 Å². The van der Waals surface area contributed by atoms with Gasteiger partial charge in [0.15, 0.2) is 0 Å². The van der Waals surface area contributed by atoms with Gasteiger partial charge in [-0.15, -0.1) is 0 Å². The number of carboxylic acid groups (broad SMARTS) is 1. The van der Waals surface area contributed by atoms with Crippen molar-refractivity contribution in [1.29, 1.82) is 0 Å². The lowest BCUT2D eigenvalue weighted by Gasteiger charge is -2.09. The normalized spacial score (nSPS) is 13.9. The molecule has 2 N–H and O–H groups in total. The number of anilines is 1. The van der Waals surface area contributed by atoms with Crippen LogP contribution in [0.4, 0.5) is 15.8 Å². The smallest absolute Gasteiger partial charge is 0.338 e. The molecule has 2 rings (SSSR count). The molecular formula is C14H15FN2O4. The standard InChI is InChI=1S/C14H15FN2O4/c15-11-8-13(17(20)21)12(7-10(11)14(18)19)16-6-5-9-3-1-2-4-9/h3,7-8,16H,1-2,4-6H2,(H,18,19). The first-order valence-electron chi connectivity index (χ1n) is 6.62. The lowest BCUT2D eigenvalue weighted by Crippen LogP contribution is -2.08. The van der Waals surface area contributed by atoms with Crippen LogP contribution >= 0.6 is 0 Å². The number of hydrogen-bond acceptors (Lipinski definition) is 4. The molecule has 1 aromatic carbocycles. The maximum Gasteiger partial charge on any atom is 0.338 e. The Morgan fingerprint density at radius 3 is 2.81 bits per heavy atom. The van der Waals surface area contributed by atoms with Crippen molar-refractivity contribution < 1.29 is 19.2 Å². The number of carboxylic acids is 1. The fourth-order valence-electron chi connectivity index (χ4n) is 2.34. The van der Waals surface area contributed by atoms with Crippen LogP contribution in [0.1, 0.15) is 36.0 Å². The van der Waals surface area contributed by atoms with Crippen LogP contribution in [-0.2, 0) is 0 Å². The van der Waals surface area contributed by atoms with E-state index in [0.29, 0.717) is 12.6 Å². The van der Waals surface area contributed by atoms with Crippen LogP contribution in [0.15, 0.2) is 23.8 Å². The second-order valence-electron chi connectivity index (χ2n) is 4.84. The predicted octanol–water partition coefficient (Wildman–Crippen LogP) is 3.34. The zero-order chi connectivity index (χ0) is 15.4. The van der Waals surface area contributed by atoms with E-state index < -0.39 is 28.0 Å². The monoisotopic (exact) mass is 294 g/mol. The van der Waals surface area contributed by atoms with Gasteiger partial charge in [0.1, 0.15) is 11.5 Å². The van der Waals surface area contributed by atoms with E-state index in [2.05, 4.69) is 11.4 Å². The second kappa shape index (κ2) is 6.34. The maximum atomic E-state index is 13.5. The molecule has 0 saturated carbocycles. The molecular weight excluding hydrogens is 279 g/mol. The quantitative estimate of drug-likeness (QED) is 0.477. The molecule has 1 aliphatic carbocycles. The van der Waals surface area contributed by atoms with Crippen LogP contribution in [0, 0.1) is 15.9 Å². The number of aromatic carboxylic acids is 1. The molecule has 0 unspecified atom stereocenters. The molecule has 0 fully saturated rings. The molecule has 0 radical (unpaired) electrons. The molecule has 112 valence electrons. The Morgan fingerprint density at radius 2 is 2.24 bits per heavy atom. The Bertz CT molecular complexity index is 613. The van der Waals surface area contributed by atoms with Crippen LogP contribution < -0.4 is 5.32 Å². The lowest BCUT2D eigenvalue weighted by atomic mass is 10.1. The van der Waals surface area contributed by atoms with Gasteiger partial charge in [-0.2, -0.15) is 0 Å². The summed E-state index contributed by atoms with van der Waals surface area (Å²) in [5.74, 6) is -2.57. The third-order valence-electron chi connectivity index (χ3n) is 3.41. The molecule has 0 saturated heterocycles. The van der Waals surface area contributed by atoms with Gasteiger partial charge in [0, 0.05) is 6.54 Å². The first-order chi connectivity index (χ1) is 9.99. The van der Waals surface area contributed by atoms with Crippen molar-refractivity contribution in [1.82, 2.24) is 0 Å². The molecule has 0 atom stereocenters. The van der Waals surface area contributed by atoms with Crippen molar-refractivity contribution in [2.45, 2.75) is 25.7 Å². The summed E-state index contributed by atoms with van der Waals surface area (Å²) in [4.78, 5) is 21.1. The number of rotatable bonds is 6. The number of nitro benzene ring substituents is 1. The van der Waals surface area contributed by atoms with Crippen molar-refractivity contribution in [2.24, 2.45) is 0 Å². The minimum Gasteiger partial charge on any atom is -0.478 e. The van der Waals surface area contributed by atoms with Crippen LogP contribution in [0.5, 0.6) is 0 Å². The first-order valence-corrected chi connectivity index (χ1v) is 6.62. The topological polar surface area (TPSA) is 92.5 Å². The molecule has 0 spiro atoms. The third kappa shape index (κ3) is 3.56. The van der Waals surface area contributed by atoms with Crippen LogP contribution in [0.25, 0.3) is 0 Å². The van der Waals surface area contributed by atoms with Crippen LogP contribution in [0.2, 0.25) is 0 Å². The summed E-state index contributed by atoms with van der Waals surface area (Å²) in [7, 11) is 0. The molecule has 0 bridgehead atoms. The summed E-state index contributed by atoms with van der Waals surface area (Å²) in [6, 6.07) is 1.61. The number of benzene rings is 1. The molecule has 1 aromatic rings. The number of nitrogens with one attached hydrogen (secondary N) is 1. The maximum absolute atomic E-state index is 13.5. The minimum absolute atomic E-state index is 0.0254. The summed E-state index contributed by atoms with van der Waals surface area (Å²) < 4.78 is 13.5. The Labute approximate surface area is 120 Å². The highest BCUT2D eigenvalue weighted by Crippen LogP contribution is 2.28. The first kappa shape index (κ1) is 15.0. The zero-order valence-electron chi connectivity index (χ0n) is 11.3. The molecule has 7 heteroatoms. The van der Waals surface area contributed by atoms with Gasteiger partial charge in [0.2, 0.25) is 0 Å². The number of hydrogen-bond donors (Lipinski definition) is 2. The van der Waals surface area contributed by atoms with E-state index in [9.17, 15) is 19.3 Å². The Hall–Kier alpha value is -2.44. The van der Waals surface area contributed by atoms with Gasteiger partial charge in [0.05, 0.1) is 16.6 Å². The molecule has 0 amide bonds. The Kier molecular flexibility index (Phi) is 4.52. The Balaban J connectivity index is 2.16. The predicted molar refractivity (Wildman–Crippen MR) is 75.1 cm³/mol. The fraction of sp³-hybridized carbons (Fsp3) is 0.357. The summed E-state index contributed by atoms with van der Waals surface area (Å²) in [6.45, 7) is 0.442. The van der Waals surface area contributed by atoms with E-state index in [4.69, 9.17) is 5.11 Å². The highest BCUT2D eigenvalue weighted by Gasteiger charge is 2.21. The molecule has 0 aliphatic heterocycles. The largest absolute Gasteiger partial charge is 0.478 e. The highest BCUT2D eigenvalue weighted by atomic mass is 19.1.